The van der Waals surface area contributed by atoms with E-state index in [0.29, 0.717) is 16.4 Å². The zero-order valence-electron chi connectivity index (χ0n) is 12.6. The van der Waals surface area contributed by atoms with Crippen molar-refractivity contribution >= 4 is 29.2 Å². The molecule has 3 rings (SSSR count). The van der Waals surface area contributed by atoms with E-state index in [4.69, 9.17) is 11.6 Å². The maximum absolute atomic E-state index is 10.6. The highest BCUT2D eigenvalue weighted by atomic mass is 35.5. The summed E-state index contributed by atoms with van der Waals surface area (Å²) in [6.45, 7) is 1.85. The smallest absolute Gasteiger partial charge is 0.223 e. The zero-order valence-corrected chi connectivity index (χ0v) is 14.2. The number of halogens is 1. The van der Waals surface area contributed by atoms with Crippen molar-refractivity contribution in [1.82, 2.24) is 14.8 Å². The predicted octanol–water partition coefficient (Wildman–Crippen LogP) is 4.29. The fourth-order valence-electron chi connectivity index (χ4n) is 2.32. The first-order valence-electron chi connectivity index (χ1n) is 6.90. The SMILES string of the molecule is CSNc1ccc(-n2nc(C)c(-c3ccc(Cl)cc3)c2O)nc1. The van der Waals surface area contributed by atoms with Gasteiger partial charge in [0, 0.05) is 11.3 Å². The second-order valence-electron chi connectivity index (χ2n) is 4.91. The van der Waals surface area contributed by atoms with Crippen LogP contribution in [-0.4, -0.2) is 26.1 Å². The number of aryl methyl sites for hydroxylation is 1. The van der Waals surface area contributed by atoms with E-state index in [1.807, 2.05) is 31.4 Å². The minimum Gasteiger partial charge on any atom is -0.493 e. The number of anilines is 1. The number of aromatic hydroxyl groups is 1. The van der Waals surface area contributed by atoms with Crippen molar-refractivity contribution in [2.45, 2.75) is 6.92 Å². The summed E-state index contributed by atoms with van der Waals surface area (Å²) in [5.74, 6) is 0.611. The highest BCUT2D eigenvalue weighted by Gasteiger charge is 2.17. The van der Waals surface area contributed by atoms with Crippen LogP contribution in [0.1, 0.15) is 5.69 Å². The Balaban J connectivity index is 2.01. The lowest BCUT2D eigenvalue weighted by molar-refractivity contribution is 0.433. The van der Waals surface area contributed by atoms with Gasteiger partial charge in [-0.3, -0.25) is 0 Å². The maximum Gasteiger partial charge on any atom is 0.223 e. The molecule has 0 saturated heterocycles. The Kier molecular flexibility index (Phi) is 4.45. The van der Waals surface area contributed by atoms with Crippen molar-refractivity contribution in [1.29, 1.82) is 0 Å². The van der Waals surface area contributed by atoms with Crippen molar-refractivity contribution in [3.8, 4) is 22.8 Å². The molecule has 7 heteroatoms. The molecule has 2 heterocycles. The highest BCUT2D eigenvalue weighted by Crippen LogP contribution is 2.34. The lowest BCUT2D eigenvalue weighted by atomic mass is 10.1. The summed E-state index contributed by atoms with van der Waals surface area (Å²) in [6, 6.07) is 11.0. The number of nitrogens with one attached hydrogen (secondary N) is 1. The minimum atomic E-state index is 0.0582. The summed E-state index contributed by atoms with van der Waals surface area (Å²) in [5.41, 5.74) is 3.14. The highest BCUT2D eigenvalue weighted by molar-refractivity contribution is 7.99. The van der Waals surface area contributed by atoms with Crippen LogP contribution in [0.2, 0.25) is 5.02 Å². The van der Waals surface area contributed by atoms with E-state index in [1.54, 1.807) is 24.4 Å². The zero-order chi connectivity index (χ0) is 16.4. The van der Waals surface area contributed by atoms with Crippen LogP contribution in [0.4, 0.5) is 5.69 Å². The van der Waals surface area contributed by atoms with Crippen LogP contribution in [0.25, 0.3) is 16.9 Å². The molecule has 23 heavy (non-hydrogen) atoms. The quantitative estimate of drug-likeness (QED) is 0.690. The van der Waals surface area contributed by atoms with E-state index in [1.165, 1.54) is 16.6 Å². The molecule has 118 valence electrons. The Bertz CT molecular complexity index is 815. The third kappa shape index (κ3) is 3.13. The maximum atomic E-state index is 10.6. The summed E-state index contributed by atoms with van der Waals surface area (Å²) in [7, 11) is 0. The fraction of sp³-hybridized carbons (Fsp3) is 0.125. The van der Waals surface area contributed by atoms with Gasteiger partial charge in [-0.2, -0.15) is 9.78 Å². The van der Waals surface area contributed by atoms with Crippen LogP contribution in [0.15, 0.2) is 42.6 Å². The van der Waals surface area contributed by atoms with Crippen LogP contribution < -0.4 is 4.72 Å². The Morgan fingerprint density at radius 2 is 1.91 bits per heavy atom. The van der Waals surface area contributed by atoms with Crippen LogP contribution in [-0.2, 0) is 0 Å². The number of pyridine rings is 1. The Morgan fingerprint density at radius 3 is 2.52 bits per heavy atom. The molecule has 0 bridgehead atoms. The first-order valence-corrected chi connectivity index (χ1v) is 8.50. The summed E-state index contributed by atoms with van der Waals surface area (Å²) in [6.07, 6.45) is 3.64. The van der Waals surface area contributed by atoms with Crippen LogP contribution in [0.3, 0.4) is 0 Å². The number of hydrogen-bond acceptors (Lipinski definition) is 5. The van der Waals surface area contributed by atoms with Gasteiger partial charge in [0.1, 0.15) is 0 Å². The average molecular weight is 347 g/mol. The summed E-state index contributed by atoms with van der Waals surface area (Å²) in [4.78, 5) is 4.33. The van der Waals surface area contributed by atoms with Crippen LogP contribution >= 0.6 is 23.5 Å². The molecule has 3 aromatic rings. The molecule has 2 aromatic heterocycles. The number of rotatable bonds is 4. The molecule has 2 N–H and O–H groups in total. The van der Waals surface area contributed by atoms with Gasteiger partial charge in [0.05, 0.1) is 23.1 Å². The number of hydrogen-bond donors (Lipinski definition) is 2. The van der Waals surface area contributed by atoms with E-state index < -0.39 is 0 Å². The molecule has 0 atom stereocenters. The van der Waals surface area contributed by atoms with E-state index in [0.717, 1.165) is 16.9 Å². The van der Waals surface area contributed by atoms with Gasteiger partial charge in [-0.25, -0.2) is 4.98 Å². The summed E-state index contributed by atoms with van der Waals surface area (Å²) in [5, 5.41) is 15.6. The second kappa shape index (κ2) is 6.52. The van der Waals surface area contributed by atoms with Crippen LogP contribution in [0.5, 0.6) is 5.88 Å². The fourth-order valence-corrected chi connectivity index (χ4v) is 2.80. The largest absolute Gasteiger partial charge is 0.493 e. The Labute approximate surface area is 143 Å². The molecule has 0 radical (unpaired) electrons. The molecule has 0 aliphatic carbocycles. The Morgan fingerprint density at radius 1 is 1.17 bits per heavy atom. The lowest BCUT2D eigenvalue weighted by Gasteiger charge is -2.05. The molecule has 5 nitrogen and oxygen atoms in total. The van der Waals surface area contributed by atoms with Gasteiger partial charge in [-0.15, -0.1) is 0 Å². The molecule has 0 amide bonds. The number of aromatic nitrogens is 3. The van der Waals surface area contributed by atoms with E-state index in [2.05, 4.69) is 14.8 Å². The standard InChI is InChI=1S/C16H15ClN4OS/c1-10-15(11-3-5-12(17)6-4-11)16(22)21(19-10)14-8-7-13(9-18-14)20-23-2/h3-9,20,22H,1-2H3. The van der Waals surface area contributed by atoms with Gasteiger partial charge >= 0.3 is 0 Å². The van der Waals surface area contributed by atoms with Gasteiger partial charge in [-0.1, -0.05) is 35.7 Å². The van der Waals surface area contributed by atoms with Crippen molar-refractivity contribution in [3.05, 3.63) is 53.3 Å². The van der Waals surface area contributed by atoms with Gasteiger partial charge in [-0.05, 0) is 36.8 Å². The van der Waals surface area contributed by atoms with Gasteiger partial charge < -0.3 is 9.83 Å². The summed E-state index contributed by atoms with van der Waals surface area (Å²) >= 11 is 7.41. The minimum absolute atomic E-state index is 0.0582. The van der Waals surface area contributed by atoms with Gasteiger partial charge in [0.15, 0.2) is 5.82 Å². The van der Waals surface area contributed by atoms with Crippen molar-refractivity contribution in [3.63, 3.8) is 0 Å². The average Bonchev–Trinajstić information content (AvgIpc) is 2.84. The molecule has 0 fully saturated rings. The van der Waals surface area contributed by atoms with Crippen LogP contribution in [0, 0.1) is 6.92 Å². The van der Waals surface area contributed by atoms with E-state index in [9.17, 15) is 5.11 Å². The predicted molar refractivity (Wildman–Crippen MR) is 95.3 cm³/mol. The third-order valence-electron chi connectivity index (χ3n) is 3.35. The van der Waals surface area contributed by atoms with Crippen molar-refractivity contribution in [2.24, 2.45) is 0 Å². The second-order valence-corrected chi connectivity index (χ2v) is 5.96. The number of nitrogens with zero attached hydrogens (tertiary/aromatic N) is 3. The van der Waals surface area contributed by atoms with E-state index >= 15 is 0 Å². The number of benzene rings is 1. The molecule has 0 spiro atoms. The molecule has 1 aromatic carbocycles. The normalized spacial score (nSPS) is 10.7. The topological polar surface area (TPSA) is 63.0 Å². The molecular formula is C16H15ClN4OS. The Hall–Kier alpha value is -2.18. The molecule has 0 unspecified atom stereocenters. The molecule has 0 aliphatic rings. The van der Waals surface area contributed by atoms with Gasteiger partial charge in [0.2, 0.25) is 5.88 Å². The van der Waals surface area contributed by atoms with E-state index in [-0.39, 0.29) is 5.88 Å². The molecule has 0 aliphatic heterocycles. The summed E-state index contributed by atoms with van der Waals surface area (Å²) < 4.78 is 4.53. The molecule has 0 saturated carbocycles. The molecular weight excluding hydrogens is 332 g/mol. The van der Waals surface area contributed by atoms with Crippen molar-refractivity contribution < 1.29 is 5.11 Å². The first kappa shape index (κ1) is 15.7. The monoisotopic (exact) mass is 346 g/mol. The lowest BCUT2D eigenvalue weighted by Crippen LogP contribution is -1.99. The van der Waals surface area contributed by atoms with Gasteiger partial charge in [0.25, 0.3) is 0 Å². The third-order valence-corrected chi connectivity index (χ3v) is 4.05. The first-order chi connectivity index (χ1) is 11.1. The van der Waals surface area contributed by atoms with Crippen molar-refractivity contribution in [2.75, 3.05) is 11.0 Å².